The molecule has 0 unspecified atom stereocenters. The molecule has 176 valence electrons. The van der Waals surface area contributed by atoms with Gasteiger partial charge in [0.15, 0.2) is 11.6 Å². The van der Waals surface area contributed by atoms with Crippen molar-refractivity contribution in [3.05, 3.63) is 139 Å². The van der Waals surface area contributed by atoms with Gasteiger partial charge in [-0.15, -0.1) is 0 Å². The minimum atomic E-state index is 0.671. The average molecular weight is 476 g/mol. The highest BCUT2D eigenvalue weighted by Crippen LogP contribution is 2.32. The van der Waals surface area contributed by atoms with E-state index >= 15 is 0 Å². The third kappa shape index (κ3) is 4.93. The second kappa shape index (κ2) is 10.00. The van der Waals surface area contributed by atoms with Gasteiger partial charge in [-0.3, -0.25) is 0 Å². The number of rotatable bonds is 5. The number of aromatic nitrogens is 3. The first kappa shape index (κ1) is 22.6. The molecule has 0 N–H and O–H groups in total. The van der Waals surface area contributed by atoms with Crippen LogP contribution in [-0.2, 0) is 0 Å². The van der Waals surface area contributed by atoms with E-state index in [1.807, 2.05) is 25.1 Å². The predicted molar refractivity (Wildman–Crippen MR) is 152 cm³/mol. The van der Waals surface area contributed by atoms with Crippen molar-refractivity contribution in [2.24, 2.45) is 0 Å². The van der Waals surface area contributed by atoms with E-state index in [1.54, 1.807) is 0 Å². The van der Waals surface area contributed by atoms with E-state index in [0.717, 1.165) is 33.4 Å². The van der Waals surface area contributed by atoms with Gasteiger partial charge in [-0.1, -0.05) is 115 Å². The molecule has 6 aromatic rings. The number of benzene rings is 5. The Morgan fingerprint density at radius 1 is 0.324 bits per heavy atom. The Morgan fingerprint density at radius 2 is 0.676 bits per heavy atom. The standard InChI is InChI=1S/C34H25N3/c1-24-35-33(29-19-17-28(18-20-29)25-11-5-2-6-12-25)37-34(36-24)32-22-30(26-13-7-3-8-14-26)21-31(23-32)27-15-9-4-10-16-27/h2-23H,1H3. The lowest BCUT2D eigenvalue weighted by atomic mass is 9.96. The van der Waals surface area contributed by atoms with Gasteiger partial charge in [-0.05, 0) is 58.5 Å². The normalized spacial score (nSPS) is 10.8. The number of hydrogen-bond donors (Lipinski definition) is 0. The van der Waals surface area contributed by atoms with Gasteiger partial charge in [0, 0.05) is 11.1 Å². The molecule has 0 fully saturated rings. The Hall–Kier alpha value is -4.89. The zero-order valence-electron chi connectivity index (χ0n) is 20.5. The molecule has 5 aromatic carbocycles. The molecule has 0 saturated carbocycles. The van der Waals surface area contributed by atoms with Crippen LogP contribution in [0.15, 0.2) is 133 Å². The molecule has 1 heterocycles. The molecule has 0 radical (unpaired) electrons. The second-order valence-corrected chi connectivity index (χ2v) is 9.00. The summed E-state index contributed by atoms with van der Waals surface area (Å²) in [6, 6.07) is 46.2. The Bertz CT molecular complexity index is 1590. The van der Waals surface area contributed by atoms with E-state index in [2.05, 4.69) is 120 Å². The molecule has 0 aliphatic carbocycles. The van der Waals surface area contributed by atoms with Crippen LogP contribution in [0, 0.1) is 6.92 Å². The van der Waals surface area contributed by atoms with Crippen molar-refractivity contribution in [3.8, 4) is 56.2 Å². The molecule has 0 spiro atoms. The van der Waals surface area contributed by atoms with Gasteiger partial charge < -0.3 is 0 Å². The minimum absolute atomic E-state index is 0.671. The van der Waals surface area contributed by atoms with E-state index < -0.39 is 0 Å². The van der Waals surface area contributed by atoms with E-state index in [0.29, 0.717) is 17.5 Å². The minimum Gasteiger partial charge on any atom is -0.213 e. The third-order valence-corrected chi connectivity index (χ3v) is 6.40. The van der Waals surface area contributed by atoms with E-state index in [4.69, 9.17) is 9.97 Å². The predicted octanol–water partition coefficient (Wildman–Crippen LogP) is 8.52. The molecule has 37 heavy (non-hydrogen) atoms. The lowest BCUT2D eigenvalue weighted by Gasteiger charge is -2.12. The fourth-order valence-corrected chi connectivity index (χ4v) is 4.53. The summed E-state index contributed by atoms with van der Waals surface area (Å²) in [5.74, 6) is 2.04. The molecule has 3 heteroatoms. The van der Waals surface area contributed by atoms with Crippen LogP contribution in [0.5, 0.6) is 0 Å². The lowest BCUT2D eigenvalue weighted by Crippen LogP contribution is -2.00. The summed E-state index contributed by atoms with van der Waals surface area (Å²) in [6.45, 7) is 1.92. The van der Waals surface area contributed by atoms with Crippen molar-refractivity contribution in [2.45, 2.75) is 6.92 Å². The summed E-state index contributed by atoms with van der Waals surface area (Å²) in [4.78, 5) is 14.3. The maximum Gasteiger partial charge on any atom is 0.163 e. The Morgan fingerprint density at radius 3 is 1.16 bits per heavy atom. The van der Waals surface area contributed by atoms with Crippen LogP contribution < -0.4 is 0 Å². The highest BCUT2D eigenvalue weighted by molar-refractivity contribution is 5.80. The lowest BCUT2D eigenvalue weighted by molar-refractivity contribution is 0.992. The van der Waals surface area contributed by atoms with E-state index in [1.165, 1.54) is 11.1 Å². The van der Waals surface area contributed by atoms with Crippen molar-refractivity contribution in [3.63, 3.8) is 0 Å². The van der Waals surface area contributed by atoms with Gasteiger partial charge in [-0.2, -0.15) is 0 Å². The summed E-state index contributed by atoms with van der Waals surface area (Å²) in [7, 11) is 0. The summed E-state index contributed by atoms with van der Waals surface area (Å²) in [5.41, 5.74) is 8.86. The van der Waals surface area contributed by atoms with Crippen LogP contribution in [0.2, 0.25) is 0 Å². The zero-order chi connectivity index (χ0) is 25.0. The quantitative estimate of drug-likeness (QED) is 0.251. The molecule has 1 aromatic heterocycles. The molecule has 0 aliphatic rings. The molecule has 6 rings (SSSR count). The van der Waals surface area contributed by atoms with Crippen LogP contribution in [0.4, 0.5) is 0 Å². The SMILES string of the molecule is Cc1nc(-c2ccc(-c3ccccc3)cc2)nc(-c2cc(-c3ccccc3)cc(-c3ccccc3)c2)n1. The first-order valence-corrected chi connectivity index (χ1v) is 12.4. The fraction of sp³-hybridized carbons (Fsp3) is 0.0294. The number of aryl methyl sites for hydroxylation is 1. The molecule has 0 amide bonds. The summed E-state index contributed by atoms with van der Waals surface area (Å²) in [6.07, 6.45) is 0. The zero-order valence-corrected chi connectivity index (χ0v) is 20.5. The molecule has 0 saturated heterocycles. The van der Waals surface area contributed by atoms with E-state index in [9.17, 15) is 0 Å². The van der Waals surface area contributed by atoms with Gasteiger partial charge in [0.25, 0.3) is 0 Å². The maximum absolute atomic E-state index is 4.92. The molecule has 0 aliphatic heterocycles. The Balaban J connectivity index is 1.44. The van der Waals surface area contributed by atoms with Crippen LogP contribution in [0.25, 0.3) is 56.2 Å². The van der Waals surface area contributed by atoms with E-state index in [-0.39, 0.29) is 0 Å². The summed E-state index contributed by atoms with van der Waals surface area (Å²) in [5, 5.41) is 0. The fourth-order valence-electron chi connectivity index (χ4n) is 4.53. The molecular formula is C34H25N3. The van der Waals surface area contributed by atoms with Crippen LogP contribution in [0.1, 0.15) is 5.82 Å². The number of hydrogen-bond acceptors (Lipinski definition) is 3. The molecule has 3 nitrogen and oxygen atoms in total. The molecule has 0 atom stereocenters. The molecular weight excluding hydrogens is 450 g/mol. The van der Waals surface area contributed by atoms with Gasteiger partial charge in [-0.25, -0.2) is 15.0 Å². The Kier molecular flexibility index (Phi) is 6.10. The highest BCUT2D eigenvalue weighted by atomic mass is 15.0. The van der Waals surface area contributed by atoms with Crippen molar-refractivity contribution in [2.75, 3.05) is 0 Å². The van der Waals surface area contributed by atoms with Crippen molar-refractivity contribution >= 4 is 0 Å². The first-order valence-electron chi connectivity index (χ1n) is 12.4. The second-order valence-electron chi connectivity index (χ2n) is 9.00. The van der Waals surface area contributed by atoms with Crippen LogP contribution in [-0.4, -0.2) is 15.0 Å². The van der Waals surface area contributed by atoms with Gasteiger partial charge in [0.05, 0.1) is 0 Å². The van der Waals surface area contributed by atoms with Crippen molar-refractivity contribution in [1.29, 1.82) is 0 Å². The van der Waals surface area contributed by atoms with Crippen LogP contribution >= 0.6 is 0 Å². The summed E-state index contributed by atoms with van der Waals surface area (Å²) >= 11 is 0. The number of nitrogens with zero attached hydrogens (tertiary/aromatic N) is 3. The van der Waals surface area contributed by atoms with Gasteiger partial charge >= 0.3 is 0 Å². The smallest absolute Gasteiger partial charge is 0.163 e. The Labute approximate surface area is 217 Å². The largest absolute Gasteiger partial charge is 0.213 e. The molecule has 0 bridgehead atoms. The van der Waals surface area contributed by atoms with Gasteiger partial charge in [0.2, 0.25) is 0 Å². The maximum atomic E-state index is 4.92. The third-order valence-electron chi connectivity index (χ3n) is 6.40. The van der Waals surface area contributed by atoms with Crippen molar-refractivity contribution < 1.29 is 0 Å². The topological polar surface area (TPSA) is 38.7 Å². The summed E-state index contributed by atoms with van der Waals surface area (Å²) < 4.78 is 0. The monoisotopic (exact) mass is 475 g/mol. The first-order chi connectivity index (χ1) is 18.2. The highest BCUT2D eigenvalue weighted by Gasteiger charge is 2.12. The van der Waals surface area contributed by atoms with Gasteiger partial charge in [0.1, 0.15) is 5.82 Å². The van der Waals surface area contributed by atoms with Crippen molar-refractivity contribution in [1.82, 2.24) is 15.0 Å². The van der Waals surface area contributed by atoms with Crippen LogP contribution in [0.3, 0.4) is 0 Å². The average Bonchev–Trinajstić information content (AvgIpc) is 2.98.